The van der Waals surface area contributed by atoms with Gasteiger partial charge in [-0.05, 0) is 32.0 Å². The van der Waals surface area contributed by atoms with Crippen LogP contribution in [0.4, 0.5) is 5.82 Å². The molecule has 2 heterocycles. The molecule has 0 aromatic carbocycles. The molecule has 1 aromatic rings. The number of rotatable bonds is 3. The van der Waals surface area contributed by atoms with Crippen molar-refractivity contribution >= 4 is 28.4 Å². The van der Waals surface area contributed by atoms with Crippen LogP contribution < -0.4 is 10.2 Å². The molecule has 2 rings (SSSR count). The first-order valence-corrected chi connectivity index (χ1v) is 7.14. The van der Waals surface area contributed by atoms with Gasteiger partial charge in [-0.15, -0.1) is 0 Å². The molecule has 16 heavy (non-hydrogen) atoms. The van der Waals surface area contributed by atoms with Gasteiger partial charge in [-0.1, -0.05) is 28.7 Å². The van der Waals surface area contributed by atoms with Gasteiger partial charge >= 0.3 is 0 Å². The van der Waals surface area contributed by atoms with Gasteiger partial charge in [0.1, 0.15) is 5.82 Å². The van der Waals surface area contributed by atoms with Gasteiger partial charge in [0.25, 0.3) is 0 Å². The summed E-state index contributed by atoms with van der Waals surface area (Å²) in [6.07, 6.45) is 3.14. The number of aromatic nitrogens is 1. The largest absolute Gasteiger partial charge is 0.355 e. The molecule has 1 aliphatic rings. The fraction of sp³-hybridized carbons (Fsp3) is 0.583. The molecule has 0 amide bonds. The summed E-state index contributed by atoms with van der Waals surface area (Å²) in [7, 11) is 2.06. The van der Waals surface area contributed by atoms with Crippen LogP contribution in [-0.2, 0) is 0 Å². The number of halogens is 1. The van der Waals surface area contributed by atoms with Crippen LogP contribution in [0.3, 0.4) is 0 Å². The normalized spacial score (nSPS) is 25.1. The van der Waals surface area contributed by atoms with E-state index in [2.05, 4.69) is 63.9 Å². The van der Waals surface area contributed by atoms with E-state index < -0.39 is 0 Å². The van der Waals surface area contributed by atoms with E-state index in [1.807, 2.05) is 6.20 Å². The van der Waals surface area contributed by atoms with E-state index >= 15 is 0 Å². The maximum Gasteiger partial charge on any atom is 0.128 e. The number of hydrogen-bond donors (Lipinski definition) is 1. The van der Waals surface area contributed by atoms with Crippen molar-refractivity contribution in [2.75, 3.05) is 29.5 Å². The van der Waals surface area contributed by atoms with E-state index in [4.69, 9.17) is 0 Å². The van der Waals surface area contributed by atoms with Crippen LogP contribution in [0, 0.1) is 6.92 Å². The van der Waals surface area contributed by atoms with Gasteiger partial charge in [0.15, 0.2) is 0 Å². The first-order chi connectivity index (χ1) is 7.69. The molecule has 0 aliphatic carbocycles. The molecule has 0 radical (unpaired) electrons. The van der Waals surface area contributed by atoms with Crippen molar-refractivity contribution in [2.24, 2.45) is 0 Å². The first kappa shape index (κ1) is 12.1. The number of alkyl halides is 1. The Hall–Kier alpha value is -0.360. The molecule has 4 heteroatoms. The summed E-state index contributed by atoms with van der Waals surface area (Å²) in [5, 5.41) is 3.46. The number of anilines is 1. The monoisotopic (exact) mass is 331 g/mol. The third kappa shape index (κ3) is 2.32. The minimum Gasteiger partial charge on any atom is -0.355 e. The Morgan fingerprint density at radius 1 is 1.56 bits per heavy atom. The first-order valence-electron chi connectivity index (χ1n) is 5.62. The maximum atomic E-state index is 4.49. The van der Waals surface area contributed by atoms with E-state index in [0.29, 0.717) is 0 Å². The second-order valence-corrected chi connectivity index (χ2v) is 5.29. The smallest absolute Gasteiger partial charge is 0.128 e. The summed E-state index contributed by atoms with van der Waals surface area (Å²) in [4.78, 5) is 6.86. The summed E-state index contributed by atoms with van der Waals surface area (Å²) < 4.78 is 1.14. The van der Waals surface area contributed by atoms with Gasteiger partial charge in [0.2, 0.25) is 0 Å². The fourth-order valence-electron chi connectivity index (χ4n) is 2.09. The van der Waals surface area contributed by atoms with Crippen molar-refractivity contribution < 1.29 is 0 Å². The summed E-state index contributed by atoms with van der Waals surface area (Å²) in [6.45, 7) is 4.23. The number of likely N-dealkylation sites (N-methyl/N-ethyl adjacent to an activating group) is 1. The summed E-state index contributed by atoms with van der Waals surface area (Å²) in [6, 6.07) is 4.25. The number of pyridine rings is 1. The van der Waals surface area contributed by atoms with Gasteiger partial charge in [0.05, 0.1) is 0 Å². The van der Waals surface area contributed by atoms with E-state index in [1.165, 1.54) is 12.0 Å². The van der Waals surface area contributed by atoms with Crippen LogP contribution >= 0.6 is 22.6 Å². The van der Waals surface area contributed by atoms with Crippen LogP contribution in [0.5, 0.6) is 0 Å². The van der Waals surface area contributed by atoms with Gasteiger partial charge in [0, 0.05) is 29.3 Å². The molecule has 1 N–H and O–H groups in total. The lowest BCUT2D eigenvalue weighted by atomic mass is 10.0. The highest BCUT2D eigenvalue weighted by atomic mass is 127. The zero-order valence-corrected chi connectivity index (χ0v) is 12.0. The zero-order chi connectivity index (χ0) is 11.6. The summed E-state index contributed by atoms with van der Waals surface area (Å²) in [5.74, 6) is 1.10. The molecular formula is C12H18IN3. The van der Waals surface area contributed by atoms with E-state index in [1.54, 1.807) is 0 Å². The molecule has 3 nitrogen and oxygen atoms in total. The van der Waals surface area contributed by atoms with Crippen molar-refractivity contribution in [3.8, 4) is 0 Å². The molecule has 1 fully saturated rings. The van der Waals surface area contributed by atoms with Crippen LogP contribution in [0.25, 0.3) is 0 Å². The maximum absolute atomic E-state index is 4.49. The third-order valence-corrected chi connectivity index (χ3v) is 4.82. The predicted molar refractivity (Wildman–Crippen MR) is 76.5 cm³/mol. The predicted octanol–water partition coefficient (Wildman–Crippen LogP) is 1.99. The standard InChI is InChI=1S/C12H18IN3/c1-10-3-4-11(15-7-10)16-6-5-12(8-13,9-16)14-2/h3-4,7,14H,5-6,8-9H2,1-2H3. The molecule has 1 saturated heterocycles. The number of nitrogens with one attached hydrogen (secondary N) is 1. The van der Waals surface area contributed by atoms with Crippen LogP contribution in [0.15, 0.2) is 18.3 Å². The van der Waals surface area contributed by atoms with Crippen LogP contribution in [0.1, 0.15) is 12.0 Å². The van der Waals surface area contributed by atoms with Gasteiger partial charge < -0.3 is 10.2 Å². The molecule has 0 saturated carbocycles. The lowest BCUT2D eigenvalue weighted by Gasteiger charge is -2.27. The summed E-state index contributed by atoms with van der Waals surface area (Å²) in [5.41, 5.74) is 1.49. The molecule has 88 valence electrons. The Labute approximate surface area is 111 Å². The lowest BCUT2D eigenvalue weighted by molar-refractivity contribution is 0.443. The Bertz CT molecular complexity index is 346. The highest BCUT2D eigenvalue weighted by Crippen LogP contribution is 2.26. The molecule has 1 atom stereocenters. The van der Waals surface area contributed by atoms with Crippen molar-refractivity contribution in [1.29, 1.82) is 0 Å². The third-order valence-electron chi connectivity index (χ3n) is 3.36. The number of nitrogens with zero attached hydrogens (tertiary/aromatic N) is 2. The quantitative estimate of drug-likeness (QED) is 0.678. The molecule has 0 spiro atoms. The van der Waals surface area contributed by atoms with E-state index in [-0.39, 0.29) is 5.54 Å². The molecule has 1 aliphatic heterocycles. The average Bonchev–Trinajstić information content (AvgIpc) is 2.75. The zero-order valence-electron chi connectivity index (χ0n) is 9.83. The van der Waals surface area contributed by atoms with E-state index in [0.717, 1.165) is 23.3 Å². The van der Waals surface area contributed by atoms with Crippen molar-refractivity contribution in [3.63, 3.8) is 0 Å². The molecular weight excluding hydrogens is 313 g/mol. The van der Waals surface area contributed by atoms with Crippen molar-refractivity contribution in [3.05, 3.63) is 23.9 Å². The number of aryl methyl sites for hydroxylation is 1. The molecule has 1 unspecified atom stereocenters. The lowest BCUT2D eigenvalue weighted by Crippen LogP contribution is -2.47. The highest BCUT2D eigenvalue weighted by Gasteiger charge is 2.36. The Balaban J connectivity index is 2.11. The minimum atomic E-state index is 0.271. The SMILES string of the molecule is CNC1(CI)CCN(c2ccc(C)cn2)C1. The Morgan fingerprint density at radius 3 is 2.88 bits per heavy atom. The molecule has 0 bridgehead atoms. The van der Waals surface area contributed by atoms with Crippen LogP contribution in [-0.4, -0.2) is 35.1 Å². The molecule has 1 aromatic heterocycles. The second-order valence-electron chi connectivity index (χ2n) is 4.53. The topological polar surface area (TPSA) is 28.2 Å². The Morgan fingerprint density at radius 2 is 2.38 bits per heavy atom. The van der Waals surface area contributed by atoms with Crippen molar-refractivity contribution in [1.82, 2.24) is 10.3 Å². The van der Waals surface area contributed by atoms with E-state index in [9.17, 15) is 0 Å². The number of hydrogen-bond acceptors (Lipinski definition) is 3. The minimum absolute atomic E-state index is 0.271. The van der Waals surface area contributed by atoms with Gasteiger partial charge in [-0.2, -0.15) is 0 Å². The van der Waals surface area contributed by atoms with Gasteiger partial charge in [-0.25, -0.2) is 4.98 Å². The average molecular weight is 331 g/mol. The Kier molecular flexibility index (Phi) is 3.69. The summed E-state index contributed by atoms with van der Waals surface area (Å²) >= 11 is 2.47. The highest BCUT2D eigenvalue weighted by molar-refractivity contribution is 14.1. The van der Waals surface area contributed by atoms with Crippen LogP contribution in [0.2, 0.25) is 0 Å². The van der Waals surface area contributed by atoms with Crippen molar-refractivity contribution in [2.45, 2.75) is 18.9 Å². The second kappa shape index (κ2) is 4.87. The van der Waals surface area contributed by atoms with Gasteiger partial charge in [-0.3, -0.25) is 0 Å². The fourth-order valence-corrected chi connectivity index (χ4v) is 3.10.